The predicted octanol–water partition coefficient (Wildman–Crippen LogP) is 2.28. The Morgan fingerprint density at radius 3 is 3.00 bits per heavy atom. The summed E-state index contributed by atoms with van der Waals surface area (Å²) in [5.41, 5.74) is 3.96. The van der Waals surface area contributed by atoms with Crippen molar-refractivity contribution in [2.24, 2.45) is 17.8 Å². The molecule has 4 heteroatoms. The van der Waals surface area contributed by atoms with Crippen LogP contribution in [0.15, 0.2) is 24.3 Å². The fourth-order valence-corrected chi connectivity index (χ4v) is 5.80. The first kappa shape index (κ1) is 13.8. The topological polar surface area (TPSA) is 56.3 Å². The average molecular weight is 310 g/mol. The minimum atomic E-state index is 0.0569. The Morgan fingerprint density at radius 1 is 1.39 bits per heavy atom. The summed E-state index contributed by atoms with van der Waals surface area (Å²) in [5.74, 6) is 0.595. The van der Waals surface area contributed by atoms with Crippen LogP contribution in [0.2, 0.25) is 0 Å². The van der Waals surface area contributed by atoms with Gasteiger partial charge in [0.25, 0.3) is 0 Å². The Hall–Kier alpha value is -1.65. The molecule has 2 aromatic rings. The number of nitrogens with zero attached hydrogens (tertiary/aromatic N) is 1. The molecule has 3 fully saturated rings. The number of fused-ring (bicyclic) bond motifs is 4. The van der Waals surface area contributed by atoms with Crippen molar-refractivity contribution in [3.05, 3.63) is 35.5 Å². The van der Waals surface area contributed by atoms with Crippen molar-refractivity contribution < 1.29 is 9.90 Å². The molecular weight excluding hydrogens is 288 g/mol. The van der Waals surface area contributed by atoms with E-state index < -0.39 is 0 Å². The number of carbonyl (C=O) groups is 1. The van der Waals surface area contributed by atoms with E-state index in [-0.39, 0.29) is 18.4 Å². The highest BCUT2D eigenvalue weighted by molar-refractivity contribution is 5.85. The Bertz CT molecular complexity index is 783. The number of carbonyl (C=O) groups excluding carboxylic acids is 1. The van der Waals surface area contributed by atoms with Crippen LogP contribution >= 0.6 is 0 Å². The van der Waals surface area contributed by atoms with Crippen LogP contribution in [0.25, 0.3) is 10.9 Å². The van der Waals surface area contributed by atoms with Crippen LogP contribution < -0.4 is 0 Å². The molecular formula is C19H22N2O2. The third-order valence-corrected chi connectivity index (χ3v) is 6.78. The smallest absolute Gasteiger partial charge is 0.124 e. The number of aldehydes is 1. The molecule has 4 nitrogen and oxygen atoms in total. The molecule has 3 saturated heterocycles. The summed E-state index contributed by atoms with van der Waals surface area (Å²) in [5, 5.41) is 11.1. The number of hydrogen-bond acceptors (Lipinski definition) is 3. The molecule has 0 saturated carbocycles. The van der Waals surface area contributed by atoms with Crippen LogP contribution in [-0.4, -0.2) is 40.0 Å². The first-order valence-electron chi connectivity index (χ1n) is 8.67. The summed E-state index contributed by atoms with van der Waals surface area (Å²) in [7, 11) is 0. The molecule has 2 N–H and O–H groups in total. The van der Waals surface area contributed by atoms with Gasteiger partial charge in [0.1, 0.15) is 6.29 Å². The van der Waals surface area contributed by atoms with Crippen LogP contribution in [0.3, 0.4) is 0 Å². The number of para-hydroxylation sites is 1. The maximum atomic E-state index is 11.8. The lowest BCUT2D eigenvalue weighted by atomic mass is 9.60. The van der Waals surface area contributed by atoms with Crippen LogP contribution in [0.5, 0.6) is 0 Å². The summed E-state index contributed by atoms with van der Waals surface area (Å²) < 4.78 is 0. The Balaban J connectivity index is 1.69. The third kappa shape index (κ3) is 1.60. The highest BCUT2D eigenvalue weighted by Gasteiger charge is 2.57. The molecule has 120 valence electrons. The van der Waals surface area contributed by atoms with Crippen LogP contribution in [0.1, 0.15) is 30.6 Å². The lowest BCUT2D eigenvalue weighted by Crippen LogP contribution is -2.67. The van der Waals surface area contributed by atoms with Gasteiger partial charge < -0.3 is 14.9 Å². The largest absolute Gasteiger partial charge is 0.396 e. The number of aromatic amines is 1. The van der Waals surface area contributed by atoms with Crippen molar-refractivity contribution in [2.45, 2.75) is 37.9 Å². The van der Waals surface area contributed by atoms with E-state index in [2.05, 4.69) is 41.1 Å². The predicted molar refractivity (Wildman–Crippen MR) is 88.1 cm³/mol. The van der Waals surface area contributed by atoms with E-state index in [0.717, 1.165) is 19.1 Å². The van der Waals surface area contributed by atoms with Crippen molar-refractivity contribution in [3.63, 3.8) is 0 Å². The fraction of sp³-hybridized carbons (Fsp3) is 0.526. The molecule has 23 heavy (non-hydrogen) atoms. The summed E-state index contributed by atoms with van der Waals surface area (Å²) in [4.78, 5) is 18.0. The minimum Gasteiger partial charge on any atom is -0.396 e. The molecule has 6 rings (SSSR count). The van der Waals surface area contributed by atoms with Gasteiger partial charge in [-0.2, -0.15) is 0 Å². The highest BCUT2D eigenvalue weighted by atomic mass is 16.3. The van der Waals surface area contributed by atoms with Gasteiger partial charge in [-0.05, 0) is 37.3 Å². The maximum absolute atomic E-state index is 11.8. The standard InChI is InChI=1S/C19H22N2O2/c1-10-14(8-22)12-6-18-19-13(7-17(21(10)18)15(12)9-23)11-4-2-3-5-16(11)20-19/h2-5,9-10,12,14-15,17-18,20,22H,6-8H2,1H3/t10-,12-,14-,15?,17-,18-/m0/s1. The number of nitrogens with one attached hydrogen (secondary N) is 1. The molecule has 4 bridgehead atoms. The van der Waals surface area contributed by atoms with E-state index in [1.165, 1.54) is 22.2 Å². The number of benzene rings is 1. The number of piperidine rings is 3. The first-order valence-corrected chi connectivity index (χ1v) is 8.67. The van der Waals surface area contributed by atoms with Crippen molar-refractivity contribution >= 4 is 17.2 Å². The Morgan fingerprint density at radius 2 is 2.22 bits per heavy atom. The van der Waals surface area contributed by atoms with Gasteiger partial charge in [0.05, 0.1) is 6.04 Å². The number of H-pyrrole nitrogens is 1. The van der Waals surface area contributed by atoms with Gasteiger partial charge in [0.15, 0.2) is 0 Å². The molecule has 5 heterocycles. The Labute approximate surface area is 135 Å². The molecule has 0 radical (unpaired) electrons. The zero-order chi connectivity index (χ0) is 15.7. The normalized spacial score (nSPS) is 41.0. The Kier molecular flexibility index (Phi) is 2.80. The van der Waals surface area contributed by atoms with Crippen molar-refractivity contribution in [3.8, 4) is 0 Å². The molecule has 7 atom stereocenters. The van der Waals surface area contributed by atoms with Gasteiger partial charge in [0, 0.05) is 47.1 Å². The van der Waals surface area contributed by atoms with Crippen molar-refractivity contribution in [2.75, 3.05) is 6.61 Å². The molecule has 4 aliphatic heterocycles. The minimum absolute atomic E-state index is 0.0569. The van der Waals surface area contributed by atoms with Gasteiger partial charge >= 0.3 is 0 Å². The number of aromatic nitrogens is 1. The van der Waals surface area contributed by atoms with E-state index in [4.69, 9.17) is 0 Å². The van der Waals surface area contributed by atoms with Crippen LogP contribution in [-0.2, 0) is 11.2 Å². The summed E-state index contributed by atoms with van der Waals surface area (Å²) in [6, 6.07) is 9.49. The van der Waals surface area contributed by atoms with Gasteiger partial charge in [-0.3, -0.25) is 4.90 Å². The molecule has 1 aromatic carbocycles. The maximum Gasteiger partial charge on any atom is 0.124 e. The SMILES string of the molecule is C[C@H]1[C@H](CO)[C@@H]2C[C@H]3c4[nH]c5ccccc5c4C[C@@H](C2C=O)N31. The molecule has 2 unspecified atom stereocenters. The number of hydrogen-bond donors (Lipinski definition) is 2. The molecule has 0 spiro atoms. The third-order valence-electron chi connectivity index (χ3n) is 6.78. The molecule has 1 aromatic heterocycles. The zero-order valence-corrected chi connectivity index (χ0v) is 13.3. The van der Waals surface area contributed by atoms with Gasteiger partial charge in [-0.25, -0.2) is 0 Å². The van der Waals surface area contributed by atoms with E-state index in [0.29, 0.717) is 24.0 Å². The van der Waals surface area contributed by atoms with Gasteiger partial charge in [-0.15, -0.1) is 0 Å². The summed E-state index contributed by atoms with van der Waals surface area (Å²) in [6.07, 6.45) is 3.08. The van der Waals surface area contributed by atoms with Crippen molar-refractivity contribution in [1.82, 2.24) is 9.88 Å². The average Bonchev–Trinajstić information content (AvgIpc) is 2.94. The van der Waals surface area contributed by atoms with E-state index in [9.17, 15) is 9.90 Å². The van der Waals surface area contributed by atoms with Gasteiger partial charge in [0.2, 0.25) is 0 Å². The van der Waals surface area contributed by atoms with Crippen LogP contribution in [0, 0.1) is 17.8 Å². The van der Waals surface area contributed by atoms with E-state index in [1.807, 2.05) is 0 Å². The monoisotopic (exact) mass is 310 g/mol. The number of aliphatic hydroxyl groups excluding tert-OH is 1. The summed E-state index contributed by atoms with van der Waals surface area (Å²) in [6.45, 7) is 2.41. The molecule has 0 aliphatic carbocycles. The van der Waals surface area contributed by atoms with Gasteiger partial charge in [-0.1, -0.05) is 18.2 Å². The zero-order valence-electron chi connectivity index (χ0n) is 13.3. The number of rotatable bonds is 2. The summed E-state index contributed by atoms with van der Waals surface area (Å²) >= 11 is 0. The lowest BCUT2D eigenvalue weighted by molar-refractivity contribution is -0.153. The fourth-order valence-electron chi connectivity index (χ4n) is 5.80. The second-order valence-electron chi connectivity index (χ2n) is 7.50. The highest BCUT2D eigenvalue weighted by Crippen LogP contribution is 2.55. The second-order valence-corrected chi connectivity index (χ2v) is 7.50. The van der Waals surface area contributed by atoms with E-state index in [1.54, 1.807) is 0 Å². The second kappa shape index (κ2) is 4.68. The lowest BCUT2D eigenvalue weighted by Gasteiger charge is -2.62. The first-order chi connectivity index (χ1) is 11.2. The van der Waals surface area contributed by atoms with Crippen LogP contribution in [0.4, 0.5) is 0 Å². The van der Waals surface area contributed by atoms with Crippen molar-refractivity contribution in [1.29, 1.82) is 0 Å². The molecule has 0 amide bonds. The van der Waals surface area contributed by atoms with E-state index >= 15 is 0 Å². The quantitative estimate of drug-likeness (QED) is 0.837. The number of aliphatic hydroxyl groups is 1. The molecule has 4 aliphatic rings.